The summed E-state index contributed by atoms with van der Waals surface area (Å²) in [5.74, 6) is -1.34. The largest absolute Gasteiger partial charge is 0.481 e. The lowest BCUT2D eigenvalue weighted by molar-refractivity contribution is -0.139. The predicted octanol–water partition coefficient (Wildman–Crippen LogP) is 0.259. The molecule has 24 heavy (non-hydrogen) atoms. The van der Waals surface area contributed by atoms with E-state index in [0.29, 0.717) is 35.6 Å². The molecule has 132 valence electrons. The molecule has 0 unspecified atom stereocenters. The van der Waals surface area contributed by atoms with Crippen molar-refractivity contribution in [3.63, 3.8) is 0 Å². The number of amides is 2. The summed E-state index contributed by atoms with van der Waals surface area (Å²) in [5, 5.41) is 13.8. The highest BCUT2D eigenvalue weighted by molar-refractivity contribution is 5.97. The van der Waals surface area contributed by atoms with Gasteiger partial charge in [0.2, 0.25) is 5.91 Å². The molecule has 1 aromatic rings. The van der Waals surface area contributed by atoms with Crippen LogP contribution >= 0.6 is 0 Å². The van der Waals surface area contributed by atoms with Gasteiger partial charge in [0.05, 0.1) is 13.2 Å². The van der Waals surface area contributed by atoms with Crippen molar-refractivity contribution >= 4 is 17.8 Å². The number of carboxylic acid groups (broad SMARTS) is 1. The van der Waals surface area contributed by atoms with E-state index in [1.54, 1.807) is 26.0 Å². The number of carbonyl (C=O) groups is 3. The Hall–Kier alpha value is -2.61. The maximum Gasteiger partial charge on any atom is 0.341 e. The van der Waals surface area contributed by atoms with Crippen molar-refractivity contribution in [2.24, 2.45) is 0 Å². The van der Waals surface area contributed by atoms with Crippen LogP contribution < -0.4 is 15.4 Å². The first-order chi connectivity index (χ1) is 11.3. The number of carbonyl (C=O) groups excluding carboxylic acids is 2. The van der Waals surface area contributed by atoms with Gasteiger partial charge in [-0.1, -0.05) is 0 Å². The van der Waals surface area contributed by atoms with E-state index in [1.807, 2.05) is 0 Å². The van der Waals surface area contributed by atoms with Crippen LogP contribution in [0.15, 0.2) is 12.1 Å². The molecule has 0 spiro atoms. The third-order valence-corrected chi connectivity index (χ3v) is 3.10. The number of aryl methyl sites for hydroxylation is 2. The molecule has 0 heterocycles. The number of hydrogen-bond donors (Lipinski definition) is 3. The number of nitrogens with one attached hydrogen (secondary N) is 2. The molecule has 0 aliphatic rings. The zero-order valence-electron chi connectivity index (χ0n) is 14.0. The molecule has 0 aliphatic heterocycles. The van der Waals surface area contributed by atoms with Crippen LogP contribution in [0.4, 0.5) is 0 Å². The number of benzene rings is 1. The highest BCUT2D eigenvalue weighted by Gasteiger charge is 2.13. The Morgan fingerprint density at radius 3 is 2.29 bits per heavy atom. The summed E-state index contributed by atoms with van der Waals surface area (Å²) in [6.07, 6.45) is 0. The van der Waals surface area contributed by atoms with Crippen LogP contribution in [0.3, 0.4) is 0 Å². The summed E-state index contributed by atoms with van der Waals surface area (Å²) in [7, 11) is 1.53. The fourth-order valence-corrected chi connectivity index (χ4v) is 2.06. The molecule has 0 aromatic heterocycles. The Balaban J connectivity index is 2.65. The predicted molar refractivity (Wildman–Crippen MR) is 86.3 cm³/mol. The molecule has 2 amide bonds. The zero-order valence-corrected chi connectivity index (χ0v) is 14.0. The van der Waals surface area contributed by atoms with Gasteiger partial charge in [-0.2, -0.15) is 0 Å². The van der Waals surface area contributed by atoms with Crippen molar-refractivity contribution in [2.45, 2.75) is 13.8 Å². The third-order valence-electron chi connectivity index (χ3n) is 3.10. The Labute approximate surface area is 140 Å². The Kier molecular flexibility index (Phi) is 7.70. The van der Waals surface area contributed by atoms with E-state index in [-0.39, 0.29) is 12.5 Å². The first-order valence-electron chi connectivity index (χ1n) is 7.34. The van der Waals surface area contributed by atoms with Crippen molar-refractivity contribution < 1.29 is 29.0 Å². The number of methoxy groups -OCH3 is 1. The minimum atomic E-state index is -1.07. The smallest absolute Gasteiger partial charge is 0.341 e. The lowest BCUT2D eigenvalue weighted by Gasteiger charge is -2.13. The molecule has 0 aliphatic carbocycles. The summed E-state index contributed by atoms with van der Waals surface area (Å²) in [6, 6.07) is 3.17. The average Bonchev–Trinajstić information content (AvgIpc) is 2.51. The van der Waals surface area contributed by atoms with Gasteiger partial charge in [0.1, 0.15) is 5.75 Å². The SMILES string of the molecule is COCCNC(=O)CNC(=O)c1cc(C)c(OCC(=O)O)c(C)c1. The average molecular weight is 338 g/mol. The standard InChI is InChI=1S/C16H22N2O6/c1-10-6-12(7-11(2)15(10)24-9-14(20)21)16(22)18-8-13(19)17-4-5-23-3/h6-7H,4-5,8-9H2,1-3H3,(H,17,19)(H,18,22)(H,20,21). The fraction of sp³-hybridized carbons (Fsp3) is 0.438. The van der Waals surface area contributed by atoms with Gasteiger partial charge < -0.3 is 25.2 Å². The van der Waals surface area contributed by atoms with Gasteiger partial charge in [0, 0.05) is 19.2 Å². The van der Waals surface area contributed by atoms with Gasteiger partial charge in [0.15, 0.2) is 6.61 Å². The van der Waals surface area contributed by atoms with E-state index in [0.717, 1.165) is 0 Å². The monoisotopic (exact) mass is 338 g/mol. The molecule has 8 heteroatoms. The normalized spacial score (nSPS) is 10.1. The first kappa shape index (κ1) is 19.4. The van der Waals surface area contributed by atoms with Crippen molar-refractivity contribution in [3.8, 4) is 5.75 Å². The van der Waals surface area contributed by atoms with Gasteiger partial charge in [0.25, 0.3) is 5.91 Å². The highest BCUT2D eigenvalue weighted by Crippen LogP contribution is 2.24. The maximum absolute atomic E-state index is 12.1. The van der Waals surface area contributed by atoms with Crippen molar-refractivity contribution in [2.75, 3.05) is 33.4 Å². The lowest BCUT2D eigenvalue weighted by Crippen LogP contribution is -2.38. The first-order valence-corrected chi connectivity index (χ1v) is 7.34. The number of ether oxygens (including phenoxy) is 2. The van der Waals surface area contributed by atoms with Crippen LogP contribution in [-0.2, 0) is 14.3 Å². The molecule has 0 atom stereocenters. The van der Waals surface area contributed by atoms with Crippen LogP contribution in [-0.4, -0.2) is 56.3 Å². The van der Waals surface area contributed by atoms with E-state index >= 15 is 0 Å². The summed E-state index contributed by atoms with van der Waals surface area (Å²) in [6.45, 7) is 3.62. The van der Waals surface area contributed by atoms with Gasteiger partial charge in [-0.25, -0.2) is 4.79 Å². The fourth-order valence-electron chi connectivity index (χ4n) is 2.06. The van der Waals surface area contributed by atoms with E-state index in [9.17, 15) is 14.4 Å². The minimum absolute atomic E-state index is 0.141. The zero-order chi connectivity index (χ0) is 18.1. The summed E-state index contributed by atoms with van der Waals surface area (Å²) >= 11 is 0. The Morgan fingerprint density at radius 2 is 1.75 bits per heavy atom. The van der Waals surface area contributed by atoms with Crippen LogP contribution in [0.2, 0.25) is 0 Å². The van der Waals surface area contributed by atoms with Crippen molar-refractivity contribution in [1.29, 1.82) is 0 Å². The van der Waals surface area contributed by atoms with Gasteiger partial charge in [-0.05, 0) is 37.1 Å². The molecule has 0 saturated carbocycles. The minimum Gasteiger partial charge on any atom is -0.481 e. The number of aliphatic carboxylic acids is 1. The molecule has 1 rings (SSSR count). The van der Waals surface area contributed by atoms with Crippen molar-refractivity contribution in [3.05, 3.63) is 28.8 Å². The number of rotatable bonds is 9. The van der Waals surface area contributed by atoms with E-state index in [1.165, 1.54) is 7.11 Å². The van der Waals surface area contributed by atoms with Crippen molar-refractivity contribution in [1.82, 2.24) is 10.6 Å². The molecule has 0 saturated heterocycles. The summed E-state index contributed by atoms with van der Waals surface area (Å²) in [5.41, 5.74) is 1.66. The highest BCUT2D eigenvalue weighted by atomic mass is 16.5. The van der Waals surface area contributed by atoms with Crippen LogP contribution in [0.1, 0.15) is 21.5 Å². The third kappa shape index (κ3) is 6.25. The topological polar surface area (TPSA) is 114 Å². The number of carboxylic acids is 1. The van der Waals surface area contributed by atoms with E-state index in [2.05, 4.69) is 10.6 Å². The molecule has 0 fully saturated rings. The van der Waals surface area contributed by atoms with Crippen LogP contribution in [0.5, 0.6) is 5.75 Å². The molecule has 1 aromatic carbocycles. The second-order valence-corrected chi connectivity index (χ2v) is 5.15. The van der Waals surface area contributed by atoms with Gasteiger partial charge in [-0.15, -0.1) is 0 Å². The van der Waals surface area contributed by atoms with E-state index in [4.69, 9.17) is 14.6 Å². The molecule has 0 bridgehead atoms. The molecular weight excluding hydrogens is 316 g/mol. The molecule has 3 N–H and O–H groups in total. The lowest BCUT2D eigenvalue weighted by atomic mass is 10.1. The molecular formula is C16H22N2O6. The van der Waals surface area contributed by atoms with Crippen LogP contribution in [0.25, 0.3) is 0 Å². The number of hydrogen-bond acceptors (Lipinski definition) is 5. The molecule has 8 nitrogen and oxygen atoms in total. The summed E-state index contributed by atoms with van der Waals surface area (Å²) in [4.78, 5) is 34.2. The Bertz CT molecular complexity index is 592. The van der Waals surface area contributed by atoms with Gasteiger partial charge >= 0.3 is 5.97 Å². The maximum atomic E-state index is 12.1. The molecule has 0 radical (unpaired) electrons. The second kappa shape index (κ2) is 9.51. The quantitative estimate of drug-likeness (QED) is 0.557. The summed E-state index contributed by atoms with van der Waals surface area (Å²) < 4.78 is 10.0. The second-order valence-electron chi connectivity index (χ2n) is 5.15. The van der Waals surface area contributed by atoms with Crippen LogP contribution in [0, 0.1) is 13.8 Å². The van der Waals surface area contributed by atoms with E-state index < -0.39 is 18.5 Å². The van der Waals surface area contributed by atoms with Gasteiger partial charge in [-0.3, -0.25) is 9.59 Å². The Morgan fingerprint density at radius 1 is 1.12 bits per heavy atom.